The van der Waals surface area contributed by atoms with Crippen molar-refractivity contribution in [3.8, 4) is 11.4 Å². The molecule has 18 heavy (non-hydrogen) atoms. The summed E-state index contributed by atoms with van der Waals surface area (Å²) in [4.78, 5) is 8.27. The van der Waals surface area contributed by atoms with E-state index in [0.29, 0.717) is 5.82 Å². The molecule has 0 spiro atoms. The van der Waals surface area contributed by atoms with Crippen molar-refractivity contribution in [3.05, 3.63) is 40.8 Å². The molecule has 2 rings (SSSR count). The van der Waals surface area contributed by atoms with Crippen molar-refractivity contribution in [1.29, 1.82) is 0 Å². The highest BCUT2D eigenvalue weighted by Crippen LogP contribution is 2.24. The van der Waals surface area contributed by atoms with Crippen LogP contribution in [0.3, 0.4) is 0 Å². The number of nitrogens with two attached hydrogens (primary N) is 1. The van der Waals surface area contributed by atoms with Gasteiger partial charge in [-0.05, 0) is 32.4 Å². The molecule has 0 atom stereocenters. The Morgan fingerprint density at radius 1 is 1.17 bits per heavy atom. The fourth-order valence-electron chi connectivity index (χ4n) is 1.75. The van der Waals surface area contributed by atoms with Gasteiger partial charge in [-0.25, -0.2) is 20.2 Å². The predicted octanol–water partition coefficient (Wildman–Crippen LogP) is 2.49. The largest absolute Gasteiger partial charge is 0.306 e. The smallest absolute Gasteiger partial charge is 0.187 e. The van der Waals surface area contributed by atoms with Crippen molar-refractivity contribution < 1.29 is 4.39 Å². The van der Waals surface area contributed by atoms with Crippen LogP contribution in [0.4, 0.5) is 10.2 Å². The molecule has 2 aromatic rings. The van der Waals surface area contributed by atoms with Crippen molar-refractivity contribution in [1.82, 2.24) is 9.97 Å². The van der Waals surface area contributed by atoms with Gasteiger partial charge in [0.1, 0.15) is 0 Å². The van der Waals surface area contributed by atoms with Gasteiger partial charge in [0.2, 0.25) is 0 Å². The van der Waals surface area contributed by atoms with Crippen LogP contribution in [0.1, 0.15) is 16.8 Å². The van der Waals surface area contributed by atoms with Crippen LogP contribution >= 0.6 is 0 Å². The summed E-state index contributed by atoms with van der Waals surface area (Å²) in [6, 6.07) is 5.97. The zero-order valence-electron chi connectivity index (χ0n) is 10.6. The summed E-state index contributed by atoms with van der Waals surface area (Å²) < 4.78 is 13.6. The first kappa shape index (κ1) is 12.4. The highest BCUT2D eigenvalue weighted by Gasteiger charge is 2.13. The Balaban J connectivity index is 2.64. The van der Waals surface area contributed by atoms with Crippen molar-refractivity contribution in [3.63, 3.8) is 0 Å². The maximum absolute atomic E-state index is 13.6. The van der Waals surface area contributed by atoms with E-state index in [1.165, 1.54) is 0 Å². The number of nitrogens with one attached hydrogen (secondary N) is 1. The third kappa shape index (κ3) is 2.17. The van der Waals surface area contributed by atoms with E-state index in [-0.39, 0.29) is 11.5 Å². The molecule has 0 amide bonds. The van der Waals surface area contributed by atoms with Gasteiger partial charge in [-0.2, -0.15) is 0 Å². The van der Waals surface area contributed by atoms with Crippen LogP contribution in [0.2, 0.25) is 0 Å². The lowest BCUT2D eigenvalue weighted by atomic mass is 10.1. The number of hydrogen-bond donors (Lipinski definition) is 2. The van der Waals surface area contributed by atoms with E-state index in [1.807, 2.05) is 32.0 Å². The van der Waals surface area contributed by atoms with Crippen LogP contribution in [0.25, 0.3) is 11.4 Å². The third-order valence-corrected chi connectivity index (χ3v) is 2.79. The Morgan fingerprint density at radius 3 is 2.56 bits per heavy atom. The zero-order valence-corrected chi connectivity index (χ0v) is 10.6. The van der Waals surface area contributed by atoms with Crippen molar-refractivity contribution in [2.24, 2.45) is 5.84 Å². The fraction of sp³-hybridized carbons (Fsp3) is 0.231. The van der Waals surface area contributed by atoms with Crippen molar-refractivity contribution in [2.45, 2.75) is 20.8 Å². The number of anilines is 1. The van der Waals surface area contributed by atoms with Gasteiger partial charge in [0.05, 0.1) is 5.69 Å². The second kappa shape index (κ2) is 4.70. The van der Waals surface area contributed by atoms with Crippen LogP contribution in [-0.2, 0) is 0 Å². The number of hydrazine groups is 1. The number of aryl methyl sites for hydroxylation is 3. The van der Waals surface area contributed by atoms with E-state index in [4.69, 9.17) is 5.84 Å². The van der Waals surface area contributed by atoms with E-state index < -0.39 is 5.82 Å². The van der Waals surface area contributed by atoms with Gasteiger partial charge in [0.15, 0.2) is 17.5 Å². The van der Waals surface area contributed by atoms with Crippen molar-refractivity contribution >= 4 is 5.82 Å². The number of nitrogen functional groups attached to an aromatic ring is 1. The monoisotopic (exact) mass is 246 g/mol. The number of aromatic nitrogens is 2. The second-order valence-electron chi connectivity index (χ2n) is 4.26. The number of rotatable bonds is 2. The first-order valence-electron chi connectivity index (χ1n) is 5.61. The molecule has 1 aromatic carbocycles. The van der Waals surface area contributed by atoms with Crippen LogP contribution < -0.4 is 11.3 Å². The molecule has 0 unspecified atom stereocenters. The lowest BCUT2D eigenvalue weighted by Crippen LogP contribution is -2.13. The van der Waals surface area contributed by atoms with Crippen LogP contribution in [0.5, 0.6) is 0 Å². The standard InChI is InChI=1S/C13H15FN4/c1-7-4-5-8(2)10(6-7)12-16-9(3)11(14)13(17-12)18-15/h4-6H,15H2,1-3H3,(H,16,17,18). The molecule has 0 saturated carbocycles. The summed E-state index contributed by atoms with van der Waals surface area (Å²) in [5, 5.41) is 0. The summed E-state index contributed by atoms with van der Waals surface area (Å²) in [5.74, 6) is 5.22. The minimum Gasteiger partial charge on any atom is -0.306 e. The molecule has 5 heteroatoms. The molecule has 0 bridgehead atoms. The summed E-state index contributed by atoms with van der Waals surface area (Å²) in [6.45, 7) is 5.54. The minimum atomic E-state index is -0.522. The van der Waals surface area contributed by atoms with Gasteiger partial charge in [0.25, 0.3) is 0 Å². The molecule has 0 aliphatic carbocycles. The summed E-state index contributed by atoms with van der Waals surface area (Å²) in [7, 11) is 0. The molecule has 4 nitrogen and oxygen atoms in total. The Kier molecular flexibility index (Phi) is 3.25. The lowest BCUT2D eigenvalue weighted by Gasteiger charge is -2.09. The van der Waals surface area contributed by atoms with E-state index in [2.05, 4.69) is 15.4 Å². The van der Waals surface area contributed by atoms with Gasteiger partial charge in [-0.15, -0.1) is 0 Å². The summed E-state index contributed by atoms with van der Waals surface area (Å²) >= 11 is 0. The number of halogens is 1. The molecule has 3 N–H and O–H groups in total. The maximum atomic E-state index is 13.6. The molecule has 94 valence electrons. The zero-order chi connectivity index (χ0) is 13.3. The van der Waals surface area contributed by atoms with Crippen molar-refractivity contribution in [2.75, 3.05) is 5.43 Å². The summed E-state index contributed by atoms with van der Waals surface area (Å²) in [5.41, 5.74) is 5.55. The van der Waals surface area contributed by atoms with E-state index in [9.17, 15) is 4.39 Å². The average molecular weight is 246 g/mol. The summed E-state index contributed by atoms with van der Waals surface area (Å²) in [6.07, 6.45) is 0. The molecular weight excluding hydrogens is 231 g/mol. The average Bonchev–Trinajstić information content (AvgIpc) is 2.35. The van der Waals surface area contributed by atoms with E-state index >= 15 is 0 Å². The normalized spacial score (nSPS) is 10.5. The first-order valence-corrected chi connectivity index (χ1v) is 5.61. The molecular formula is C13H15FN4. The lowest BCUT2D eigenvalue weighted by molar-refractivity contribution is 0.606. The van der Waals surface area contributed by atoms with Crippen LogP contribution in [0.15, 0.2) is 18.2 Å². The highest BCUT2D eigenvalue weighted by atomic mass is 19.1. The van der Waals surface area contributed by atoms with Crippen LogP contribution in [-0.4, -0.2) is 9.97 Å². The topological polar surface area (TPSA) is 63.8 Å². The SMILES string of the molecule is Cc1ccc(C)c(-c2nc(C)c(F)c(NN)n2)c1. The Morgan fingerprint density at radius 2 is 1.89 bits per heavy atom. The third-order valence-electron chi connectivity index (χ3n) is 2.79. The predicted molar refractivity (Wildman–Crippen MR) is 69.4 cm³/mol. The Hall–Kier alpha value is -2.01. The van der Waals surface area contributed by atoms with Gasteiger partial charge in [0, 0.05) is 5.56 Å². The van der Waals surface area contributed by atoms with Gasteiger partial charge in [-0.3, -0.25) is 0 Å². The fourth-order valence-corrected chi connectivity index (χ4v) is 1.75. The number of benzene rings is 1. The minimum absolute atomic E-state index is 0.0124. The van der Waals surface area contributed by atoms with Crippen LogP contribution in [0, 0.1) is 26.6 Å². The molecule has 0 aliphatic rings. The maximum Gasteiger partial charge on any atom is 0.187 e. The number of nitrogens with zero attached hydrogens (tertiary/aromatic N) is 2. The molecule has 0 aliphatic heterocycles. The molecule has 1 aromatic heterocycles. The molecule has 0 radical (unpaired) electrons. The first-order chi connectivity index (χ1) is 8.52. The Bertz CT molecular complexity index is 596. The second-order valence-corrected chi connectivity index (χ2v) is 4.26. The number of hydrogen-bond acceptors (Lipinski definition) is 4. The van der Waals surface area contributed by atoms with Gasteiger partial charge >= 0.3 is 0 Å². The molecule has 0 fully saturated rings. The molecule has 0 saturated heterocycles. The molecule has 1 heterocycles. The van der Waals surface area contributed by atoms with E-state index in [0.717, 1.165) is 16.7 Å². The highest BCUT2D eigenvalue weighted by molar-refractivity contribution is 5.62. The van der Waals surface area contributed by atoms with Gasteiger partial charge < -0.3 is 5.43 Å². The van der Waals surface area contributed by atoms with E-state index in [1.54, 1.807) is 6.92 Å². The Labute approximate surface area is 105 Å². The quantitative estimate of drug-likeness (QED) is 0.631. The van der Waals surface area contributed by atoms with Gasteiger partial charge in [-0.1, -0.05) is 17.7 Å².